The lowest BCUT2D eigenvalue weighted by molar-refractivity contribution is -0.117. The summed E-state index contributed by atoms with van der Waals surface area (Å²) in [6.07, 6.45) is 3.25. The normalized spacial score (nSPS) is 11.4. The fraction of sp³-hybridized carbons (Fsp3) is 0.222. The Kier molecular flexibility index (Phi) is 6.31. The summed E-state index contributed by atoms with van der Waals surface area (Å²) in [4.78, 5) is 38.0. The van der Waals surface area contributed by atoms with Crippen molar-refractivity contribution in [2.45, 2.75) is 33.2 Å². The number of nitrogens with one attached hydrogen (secondary N) is 1. The number of carbonyl (C=O) groups is 2. The highest BCUT2D eigenvalue weighted by atomic mass is 16.5. The molecule has 0 saturated carbocycles. The molecule has 0 unspecified atom stereocenters. The minimum atomic E-state index is -0.541. The Hall–Kier alpha value is -4.73. The third-order valence-electron chi connectivity index (χ3n) is 6.06. The molecule has 0 radical (unpaired) electrons. The molecule has 0 atom stereocenters. The van der Waals surface area contributed by atoms with Crippen LogP contribution in [-0.4, -0.2) is 42.3 Å². The largest absolute Gasteiger partial charge is 0.462 e. The van der Waals surface area contributed by atoms with E-state index in [0.717, 1.165) is 15.9 Å². The van der Waals surface area contributed by atoms with Crippen molar-refractivity contribution in [1.29, 1.82) is 0 Å². The van der Waals surface area contributed by atoms with E-state index in [4.69, 9.17) is 4.74 Å². The Labute approximate surface area is 212 Å². The summed E-state index contributed by atoms with van der Waals surface area (Å²) in [5.74, 6) is -0.611. The number of benzene rings is 2. The van der Waals surface area contributed by atoms with E-state index in [1.165, 1.54) is 9.96 Å². The van der Waals surface area contributed by atoms with Crippen LogP contribution in [0.2, 0.25) is 0 Å². The van der Waals surface area contributed by atoms with Gasteiger partial charge >= 0.3 is 11.7 Å². The number of esters is 1. The van der Waals surface area contributed by atoms with Crippen molar-refractivity contribution in [3.05, 3.63) is 88.6 Å². The quantitative estimate of drug-likeness (QED) is 0.342. The number of para-hydroxylation sites is 1. The molecule has 0 spiro atoms. The van der Waals surface area contributed by atoms with Gasteiger partial charge in [-0.1, -0.05) is 50.2 Å². The van der Waals surface area contributed by atoms with Gasteiger partial charge in [-0.15, -0.1) is 5.10 Å². The number of nitrogens with zero attached hydrogens (tertiary/aromatic N) is 5. The van der Waals surface area contributed by atoms with Gasteiger partial charge in [0, 0.05) is 18.0 Å². The van der Waals surface area contributed by atoms with Crippen LogP contribution in [0.25, 0.3) is 22.4 Å². The van der Waals surface area contributed by atoms with Crippen LogP contribution >= 0.6 is 0 Å². The van der Waals surface area contributed by atoms with Gasteiger partial charge in [0.15, 0.2) is 5.65 Å². The summed E-state index contributed by atoms with van der Waals surface area (Å²) < 4.78 is 9.17. The second-order valence-corrected chi connectivity index (χ2v) is 8.88. The van der Waals surface area contributed by atoms with Gasteiger partial charge < -0.3 is 10.1 Å². The average Bonchev–Trinajstić information content (AvgIpc) is 3.46. The zero-order chi connectivity index (χ0) is 26.1. The highest BCUT2D eigenvalue weighted by Crippen LogP contribution is 2.24. The van der Waals surface area contributed by atoms with Crippen LogP contribution in [0.15, 0.2) is 71.8 Å². The van der Waals surface area contributed by atoms with Gasteiger partial charge in [-0.2, -0.15) is 5.10 Å². The van der Waals surface area contributed by atoms with Crippen molar-refractivity contribution in [2.24, 2.45) is 0 Å². The van der Waals surface area contributed by atoms with Gasteiger partial charge in [0.25, 0.3) is 0 Å². The predicted molar refractivity (Wildman–Crippen MR) is 139 cm³/mol. The van der Waals surface area contributed by atoms with Crippen LogP contribution in [0.4, 0.5) is 5.69 Å². The van der Waals surface area contributed by atoms with Crippen molar-refractivity contribution >= 4 is 28.7 Å². The van der Waals surface area contributed by atoms with Crippen LogP contribution in [0.5, 0.6) is 0 Å². The van der Waals surface area contributed by atoms with E-state index >= 15 is 0 Å². The summed E-state index contributed by atoms with van der Waals surface area (Å²) in [5.41, 5.74) is 4.02. The smallest absolute Gasteiger partial charge is 0.350 e. The molecule has 1 N–H and O–H groups in total. The highest BCUT2D eigenvalue weighted by molar-refractivity contribution is 6.01. The van der Waals surface area contributed by atoms with Crippen molar-refractivity contribution in [3.63, 3.8) is 0 Å². The van der Waals surface area contributed by atoms with Gasteiger partial charge in [0.2, 0.25) is 5.91 Å². The van der Waals surface area contributed by atoms with Crippen LogP contribution in [0.1, 0.15) is 42.6 Å². The van der Waals surface area contributed by atoms with Gasteiger partial charge in [-0.3, -0.25) is 4.79 Å². The molecule has 5 aromatic rings. The Morgan fingerprint density at radius 3 is 2.51 bits per heavy atom. The molecule has 37 heavy (non-hydrogen) atoms. The lowest BCUT2D eigenvalue weighted by Gasteiger charge is -2.10. The summed E-state index contributed by atoms with van der Waals surface area (Å²) >= 11 is 0. The molecule has 0 aliphatic heterocycles. The number of amides is 1. The minimum Gasteiger partial charge on any atom is -0.462 e. The van der Waals surface area contributed by atoms with Crippen molar-refractivity contribution < 1.29 is 14.3 Å². The molecule has 10 nitrogen and oxygen atoms in total. The third kappa shape index (κ3) is 4.61. The molecule has 10 heteroatoms. The number of carbonyl (C=O) groups excluding carboxylic acids is 2. The highest BCUT2D eigenvalue weighted by Gasteiger charge is 2.18. The fourth-order valence-electron chi connectivity index (χ4n) is 4.12. The Balaban J connectivity index is 1.43. The van der Waals surface area contributed by atoms with Gasteiger partial charge in [-0.05, 0) is 36.6 Å². The number of aromatic nitrogens is 5. The first kappa shape index (κ1) is 24.0. The van der Waals surface area contributed by atoms with Gasteiger partial charge in [0.1, 0.15) is 12.1 Å². The molecule has 3 aromatic heterocycles. The van der Waals surface area contributed by atoms with Gasteiger partial charge in [0.05, 0.1) is 23.6 Å². The van der Waals surface area contributed by atoms with E-state index in [0.29, 0.717) is 22.8 Å². The molecule has 0 fully saturated rings. The van der Waals surface area contributed by atoms with E-state index in [9.17, 15) is 14.4 Å². The second-order valence-electron chi connectivity index (χ2n) is 8.88. The van der Waals surface area contributed by atoms with E-state index in [2.05, 4.69) is 41.5 Å². The monoisotopic (exact) mass is 498 g/mol. The number of anilines is 1. The first-order valence-corrected chi connectivity index (χ1v) is 12.0. The first-order chi connectivity index (χ1) is 17.9. The SMILES string of the molecule is CCOC(=O)c1ccccc1NC(=O)Cn1nc2c3cc(-c4ccc(C(C)C)cc4)nn3ccn2c1=O. The molecule has 0 aliphatic carbocycles. The summed E-state index contributed by atoms with van der Waals surface area (Å²) in [7, 11) is 0. The number of rotatable bonds is 7. The Morgan fingerprint density at radius 2 is 1.78 bits per heavy atom. The van der Waals surface area contributed by atoms with Gasteiger partial charge in [-0.25, -0.2) is 23.2 Å². The first-order valence-electron chi connectivity index (χ1n) is 12.0. The standard InChI is InChI=1S/C27H26N6O4/c1-4-37-26(35)20-7-5-6-8-21(20)28-24(34)16-33-27(36)31-13-14-32-23(25(31)30-33)15-22(29-32)19-11-9-18(10-12-19)17(2)3/h5-15,17H,4,16H2,1-3H3,(H,28,34). The molecule has 2 aromatic carbocycles. The number of fused-ring (bicyclic) bond motifs is 3. The predicted octanol–water partition coefficient (Wildman–Crippen LogP) is 3.75. The fourth-order valence-corrected chi connectivity index (χ4v) is 4.12. The van der Waals surface area contributed by atoms with Crippen LogP contribution < -0.4 is 11.0 Å². The molecule has 1 amide bonds. The Bertz CT molecular complexity index is 1680. The molecule has 3 heterocycles. The summed E-state index contributed by atoms with van der Waals surface area (Å²) in [5, 5.41) is 11.7. The molecule has 0 saturated heterocycles. The van der Waals surface area contributed by atoms with Crippen LogP contribution in [0, 0.1) is 0 Å². The van der Waals surface area contributed by atoms with E-state index in [1.807, 2.05) is 18.2 Å². The van der Waals surface area contributed by atoms with E-state index < -0.39 is 17.6 Å². The zero-order valence-corrected chi connectivity index (χ0v) is 20.7. The lowest BCUT2D eigenvalue weighted by Crippen LogP contribution is -2.28. The number of hydrogen-bond donors (Lipinski definition) is 1. The maximum Gasteiger partial charge on any atom is 0.350 e. The maximum absolute atomic E-state index is 13.0. The number of hydrogen-bond acceptors (Lipinski definition) is 6. The minimum absolute atomic E-state index is 0.214. The molecular weight excluding hydrogens is 472 g/mol. The average molecular weight is 499 g/mol. The lowest BCUT2D eigenvalue weighted by atomic mass is 10.0. The topological polar surface area (TPSA) is 112 Å². The Morgan fingerprint density at radius 1 is 1.03 bits per heavy atom. The van der Waals surface area contributed by atoms with Crippen LogP contribution in [-0.2, 0) is 16.1 Å². The molecular formula is C27H26N6O4. The molecule has 188 valence electrons. The zero-order valence-electron chi connectivity index (χ0n) is 20.7. The van der Waals surface area contributed by atoms with E-state index in [-0.39, 0.29) is 18.7 Å². The second kappa shape index (κ2) is 9.73. The molecule has 0 aliphatic rings. The molecule has 5 rings (SSSR count). The van der Waals surface area contributed by atoms with Crippen molar-refractivity contribution in [3.8, 4) is 11.3 Å². The molecule has 0 bridgehead atoms. The summed E-state index contributed by atoms with van der Waals surface area (Å²) in [6.45, 7) is 5.87. The van der Waals surface area contributed by atoms with E-state index in [1.54, 1.807) is 48.1 Å². The summed E-state index contributed by atoms with van der Waals surface area (Å²) in [6, 6.07) is 16.6. The third-order valence-corrected chi connectivity index (χ3v) is 6.06. The van der Waals surface area contributed by atoms with Crippen LogP contribution in [0.3, 0.4) is 0 Å². The van der Waals surface area contributed by atoms with Crippen molar-refractivity contribution in [1.82, 2.24) is 23.8 Å². The maximum atomic E-state index is 13.0. The van der Waals surface area contributed by atoms with Crippen molar-refractivity contribution in [2.75, 3.05) is 11.9 Å². The number of ether oxygens (including phenoxy) is 1.